The lowest BCUT2D eigenvalue weighted by atomic mass is 10.2. The number of nitrogens with zero attached hydrogens (tertiary/aromatic N) is 1. The van der Waals surface area contributed by atoms with Gasteiger partial charge in [0, 0.05) is 25.4 Å². The van der Waals surface area contributed by atoms with Crippen LogP contribution in [0, 0.1) is 0 Å². The first-order valence-electron chi connectivity index (χ1n) is 6.03. The fraction of sp³-hybridized carbons (Fsp3) is 0.909. The summed E-state index contributed by atoms with van der Waals surface area (Å²) in [6.07, 6.45) is 2.73. The molecule has 0 aromatic rings. The van der Waals surface area contributed by atoms with Gasteiger partial charge in [0.2, 0.25) is 0 Å². The highest BCUT2D eigenvalue weighted by atomic mass is 32.2. The Morgan fingerprint density at radius 1 is 1.38 bits per heavy atom. The molecule has 2 saturated heterocycles. The molecule has 2 fully saturated rings. The highest BCUT2D eigenvalue weighted by Crippen LogP contribution is 2.22. The molecule has 0 unspecified atom stereocenters. The van der Waals surface area contributed by atoms with Crippen molar-refractivity contribution in [2.24, 2.45) is 5.73 Å². The van der Waals surface area contributed by atoms with Gasteiger partial charge in [0.25, 0.3) is 5.91 Å². The minimum Gasteiger partial charge on any atom is -0.364 e. The van der Waals surface area contributed by atoms with Gasteiger partial charge in [-0.3, -0.25) is 4.79 Å². The van der Waals surface area contributed by atoms with Gasteiger partial charge in [-0.05, 0) is 25.0 Å². The van der Waals surface area contributed by atoms with E-state index in [0.29, 0.717) is 6.54 Å². The number of thioether (sulfide) groups is 1. The normalized spacial score (nSPS) is 31.4. The van der Waals surface area contributed by atoms with Crippen molar-refractivity contribution in [3.8, 4) is 0 Å². The second kappa shape index (κ2) is 5.89. The van der Waals surface area contributed by atoms with Crippen LogP contribution in [0.2, 0.25) is 0 Å². The maximum atomic E-state index is 12.2. The van der Waals surface area contributed by atoms with E-state index in [1.54, 1.807) is 0 Å². The smallest absolute Gasteiger partial charge is 0.251 e. The van der Waals surface area contributed by atoms with Gasteiger partial charge in [-0.1, -0.05) is 0 Å². The van der Waals surface area contributed by atoms with Crippen molar-refractivity contribution in [3.05, 3.63) is 0 Å². The summed E-state index contributed by atoms with van der Waals surface area (Å²) in [5.74, 6) is 2.40. The van der Waals surface area contributed by atoms with Crippen molar-refractivity contribution in [1.29, 1.82) is 0 Å². The molecule has 2 N–H and O–H groups in total. The largest absolute Gasteiger partial charge is 0.364 e. The molecular weight excluding hydrogens is 224 g/mol. The lowest BCUT2D eigenvalue weighted by Gasteiger charge is -2.23. The Labute approximate surface area is 101 Å². The van der Waals surface area contributed by atoms with E-state index >= 15 is 0 Å². The summed E-state index contributed by atoms with van der Waals surface area (Å²) >= 11 is 1.93. The second-order valence-electron chi connectivity index (χ2n) is 4.35. The lowest BCUT2D eigenvalue weighted by Crippen LogP contribution is -2.40. The van der Waals surface area contributed by atoms with Gasteiger partial charge in [0.15, 0.2) is 0 Å². The minimum absolute atomic E-state index is 0.0929. The summed E-state index contributed by atoms with van der Waals surface area (Å²) in [5, 5.41) is 0. The first kappa shape index (κ1) is 12.2. The molecule has 92 valence electrons. The maximum absolute atomic E-state index is 12.2. The third-order valence-corrected chi connectivity index (χ3v) is 4.23. The highest BCUT2D eigenvalue weighted by Gasteiger charge is 2.32. The number of nitrogens with two attached hydrogens (primary N) is 1. The van der Waals surface area contributed by atoms with E-state index in [2.05, 4.69) is 0 Å². The highest BCUT2D eigenvalue weighted by molar-refractivity contribution is 7.99. The fourth-order valence-corrected chi connectivity index (χ4v) is 3.12. The van der Waals surface area contributed by atoms with Crippen LogP contribution in [0.5, 0.6) is 0 Å². The quantitative estimate of drug-likeness (QED) is 0.766. The van der Waals surface area contributed by atoms with E-state index in [1.807, 2.05) is 16.7 Å². The Morgan fingerprint density at radius 3 is 3.00 bits per heavy atom. The molecule has 1 amide bonds. The average molecular weight is 244 g/mol. The molecular formula is C11H20N2O2S. The number of carbonyl (C=O) groups is 1. The molecule has 0 aromatic carbocycles. The predicted octanol–water partition coefficient (Wildman–Crippen LogP) is 0.458. The number of carbonyl (C=O) groups excluding carboxylic acids is 1. The first-order valence-corrected chi connectivity index (χ1v) is 7.19. The number of rotatable bonds is 2. The van der Waals surface area contributed by atoms with E-state index < -0.39 is 0 Å². The molecule has 4 nitrogen and oxygen atoms in total. The average Bonchev–Trinajstić information content (AvgIpc) is 2.62. The summed E-state index contributed by atoms with van der Waals surface area (Å²) in [4.78, 5) is 14.1. The fourth-order valence-electron chi connectivity index (χ4n) is 2.23. The Bertz CT molecular complexity index is 242. The van der Waals surface area contributed by atoms with Gasteiger partial charge in [0.05, 0.1) is 6.10 Å². The molecule has 0 spiro atoms. The summed E-state index contributed by atoms with van der Waals surface area (Å²) < 4.78 is 5.64. The SMILES string of the molecule is NC[C@H]1CC[C@@H](C(=O)N2CCCSCC2)O1. The Kier molecular flexibility index (Phi) is 4.49. The maximum Gasteiger partial charge on any atom is 0.251 e. The predicted molar refractivity (Wildman–Crippen MR) is 65.5 cm³/mol. The zero-order valence-electron chi connectivity index (χ0n) is 9.56. The molecule has 5 heteroatoms. The van der Waals surface area contributed by atoms with Gasteiger partial charge in [-0.25, -0.2) is 0 Å². The van der Waals surface area contributed by atoms with Crippen LogP contribution < -0.4 is 5.73 Å². The molecule has 2 heterocycles. The summed E-state index contributed by atoms with van der Waals surface area (Å²) in [7, 11) is 0. The van der Waals surface area contributed by atoms with Crippen molar-refractivity contribution >= 4 is 17.7 Å². The first-order chi connectivity index (χ1) is 7.81. The number of ether oxygens (including phenoxy) is 1. The monoisotopic (exact) mass is 244 g/mol. The third kappa shape index (κ3) is 2.90. The van der Waals surface area contributed by atoms with Gasteiger partial charge < -0.3 is 15.4 Å². The van der Waals surface area contributed by atoms with Crippen molar-refractivity contribution in [3.63, 3.8) is 0 Å². The minimum atomic E-state index is -0.225. The van der Waals surface area contributed by atoms with E-state index in [0.717, 1.165) is 38.1 Å². The van der Waals surface area contributed by atoms with Crippen LogP contribution in [-0.4, -0.2) is 54.2 Å². The van der Waals surface area contributed by atoms with Gasteiger partial charge in [0.1, 0.15) is 6.10 Å². The standard InChI is InChI=1S/C11H20N2O2S/c12-8-9-2-3-10(15-9)11(14)13-4-1-6-16-7-5-13/h9-10H,1-8,12H2/t9-,10+/m1/s1. The molecule has 0 aliphatic carbocycles. The topological polar surface area (TPSA) is 55.6 Å². The third-order valence-electron chi connectivity index (χ3n) is 3.18. The number of amides is 1. The van der Waals surface area contributed by atoms with Crippen LogP contribution in [0.15, 0.2) is 0 Å². The van der Waals surface area contributed by atoms with Gasteiger partial charge in [-0.15, -0.1) is 0 Å². The zero-order chi connectivity index (χ0) is 11.4. The van der Waals surface area contributed by atoms with E-state index in [1.165, 1.54) is 5.75 Å². The second-order valence-corrected chi connectivity index (χ2v) is 5.58. The van der Waals surface area contributed by atoms with Gasteiger partial charge >= 0.3 is 0 Å². The van der Waals surface area contributed by atoms with Crippen molar-refractivity contribution in [1.82, 2.24) is 4.90 Å². The van der Waals surface area contributed by atoms with Crippen LogP contribution >= 0.6 is 11.8 Å². The summed E-state index contributed by atoms with van der Waals surface area (Å²) in [6, 6.07) is 0. The van der Waals surface area contributed by atoms with Crippen molar-refractivity contribution in [2.75, 3.05) is 31.1 Å². The molecule has 2 rings (SSSR count). The van der Waals surface area contributed by atoms with E-state index in [9.17, 15) is 4.79 Å². The lowest BCUT2D eigenvalue weighted by molar-refractivity contribution is -0.142. The molecule has 0 bridgehead atoms. The van der Waals surface area contributed by atoms with Gasteiger partial charge in [-0.2, -0.15) is 11.8 Å². The van der Waals surface area contributed by atoms with E-state index in [-0.39, 0.29) is 18.1 Å². The number of hydrogen-bond donors (Lipinski definition) is 1. The Hall–Kier alpha value is -0.260. The zero-order valence-corrected chi connectivity index (χ0v) is 10.4. The van der Waals surface area contributed by atoms with Crippen LogP contribution in [0.25, 0.3) is 0 Å². The van der Waals surface area contributed by atoms with E-state index in [4.69, 9.17) is 10.5 Å². The molecule has 16 heavy (non-hydrogen) atoms. The van der Waals surface area contributed by atoms with Crippen molar-refractivity contribution < 1.29 is 9.53 Å². The summed E-state index contributed by atoms with van der Waals surface area (Å²) in [6.45, 7) is 2.29. The van der Waals surface area contributed by atoms with Crippen molar-refractivity contribution in [2.45, 2.75) is 31.5 Å². The molecule has 2 aliphatic rings. The molecule has 2 atom stereocenters. The van der Waals surface area contributed by atoms with Crippen LogP contribution in [-0.2, 0) is 9.53 Å². The molecule has 2 aliphatic heterocycles. The van der Waals surface area contributed by atoms with Crippen LogP contribution in [0.3, 0.4) is 0 Å². The molecule has 0 radical (unpaired) electrons. The van der Waals surface area contributed by atoms with Crippen LogP contribution in [0.4, 0.5) is 0 Å². The summed E-state index contributed by atoms with van der Waals surface area (Å²) in [5.41, 5.74) is 5.55. The Balaban J connectivity index is 1.86. The number of hydrogen-bond acceptors (Lipinski definition) is 4. The van der Waals surface area contributed by atoms with Crippen LogP contribution in [0.1, 0.15) is 19.3 Å². The molecule has 0 saturated carbocycles. The molecule has 0 aromatic heterocycles. The Morgan fingerprint density at radius 2 is 2.25 bits per heavy atom.